The fourth-order valence-electron chi connectivity index (χ4n) is 1.76. The van der Waals surface area contributed by atoms with E-state index in [9.17, 15) is 4.79 Å². The van der Waals surface area contributed by atoms with E-state index in [-0.39, 0.29) is 11.9 Å². The summed E-state index contributed by atoms with van der Waals surface area (Å²) >= 11 is 0. The second kappa shape index (κ2) is 6.01. The molecule has 0 aliphatic carbocycles. The number of amides is 1. The van der Waals surface area contributed by atoms with Crippen molar-refractivity contribution in [2.45, 2.75) is 13.8 Å². The number of hydrogen-bond acceptors (Lipinski definition) is 5. The molecule has 0 unspecified atom stereocenters. The van der Waals surface area contributed by atoms with Gasteiger partial charge in [0.15, 0.2) is 0 Å². The molecule has 6 nitrogen and oxygen atoms in total. The van der Waals surface area contributed by atoms with E-state index in [1.807, 2.05) is 26.0 Å². The number of carbonyl (C=O) groups is 1. The third kappa shape index (κ3) is 3.23. The van der Waals surface area contributed by atoms with Crippen LogP contribution in [0.1, 0.15) is 21.5 Å². The van der Waals surface area contributed by atoms with Gasteiger partial charge in [-0.2, -0.15) is 4.98 Å². The Labute approximate surface area is 117 Å². The molecule has 1 aromatic carbocycles. The Kier molecular flexibility index (Phi) is 4.14. The monoisotopic (exact) mass is 272 g/mol. The van der Waals surface area contributed by atoms with Crippen molar-refractivity contribution in [2.75, 3.05) is 12.5 Å². The molecular formula is C14H16N4O2. The Morgan fingerprint density at radius 3 is 2.75 bits per heavy atom. The Morgan fingerprint density at radius 2 is 2.05 bits per heavy atom. The van der Waals surface area contributed by atoms with Crippen molar-refractivity contribution in [3.05, 3.63) is 47.2 Å². The van der Waals surface area contributed by atoms with Crippen molar-refractivity contribution in [1.82, 2.24) is 15.4 Å². The van der Waals surface area contributed by atoms with E-state index in [2.05, 4.69) is 20.8 Å². The average Bonchev–Trinajstić information content (AvgIpc) is 2.45. The fourth-order valence-corrected chi connectivity index (χ4v) is 1.76. The van der Waals surface area contributed by atoms with Crippen LogP contribution in [0.3, 0.4) is 0 Å². The molecule has 1 aromatic heterocycles. The molecule has 0 bridgehead atoms. The lowest BCUT2D eigenvalue weighted by Gasteiger charge is -2.09. The summed E-state index contributed by atoms with van der Waals surface area (Å²) in [6.07, 6.45) is 1.54. The van der Waals surface area contributed by atoms with Crippen molar-refractivity contribution in [3.8, 4) is 5.88 Å². The maximum atomic E-state index is 12.0. The lowest BCUT2D eigenvalue weighted by Crippen LogP contribution is -2.30. The molecule has 2 rings (SSSR count). The van der Waals surface area contributed by atoms with Crippen LogP contribution in [0.2, 0.25) is 0 Å². The molecule has 0 saturated heterocycles. The maximum absolute atomic E-state index is 12.0. The summed E-state index contributed by atoms with van der Waals surface area (Å²) in [4.78, 5) is 20.1. The Morgan fingerprint density at radius 1 is 1.25 bits per heavy atom. The van der Waals surface area contributed by atoms with Crippen LogP contribution in [0.25, 0.3) is 0 Å². The first-order valence-corrected chi connectivity index (χ1v) is 6.11. The van der Waals surface area contributed by atoms with Crippen molar-refractivity contribution in [3.63, 3.8) is 0 Å². The minimum Gasteiger partial charge on any atom is -0.481 e. The van der Waals surface area contributed by atoms with Crippen molar-refractivity contribution in [1.29, 1.82) is 0 Å². The molecule has 1 amide bonds. The van der Waals surface area contributed by atoms with Crippen LogP contribution in [0.15, 0.2) is 30.5 Å². The van der Waals surface area contributed by atoms with Crippen LogP contribution in [-0.2, 0) is 0 Å². The Balaban J connectivity index is 2.04. The first-order chi connectivity index (χ1) is 9.60. The van der Waals surface area contributed by atoms with E-state index in [4.69, 9.17) is 4.74 Å². The van der Waals surface area contributed by atoms with Gasteiger partial charge in [0.1, 0.15) is 0 Å². The lowest BCUT2D eigenvalue weighted by atomic mass is 10.1. The molecule has 2 aromatic rings. The van der Waals surface area contributed by atoms with Gasteiger partial charge in [0.05, 0.1) is 7.11 Å². The second-order valence-corrected chi connectivity index (χ2v) is 4.32. The van der Waals surface area contributed by atoms with Gasteiger partial charge in [0.2, 0.25) is 11.8 Å². The molecule has 0 saturated carbocycles. The molecule has 104 valence electrons. The number of rotatable bonds is 4. The van der Waals surface area contributed by atoms with E-state index in [0.29, 0.717) is 11.4 Å². The predicted octanol–water partition coefficient (Wildman–Crippen LogP) is 1.86. The first kappa shape index (κ1) is 13.8. The SMILES string of the molecule is COc1ccnc(NNC(=O)c2ccc(C)cc2C)n1. The third-order valence-electron chi connectivity index (χ3n) is 2.75. The molecule has 0 atom stereocenters. The number of aromatic nitrogens is 2. The van der Waals surface area contributed by atoms with Crippen molar-refractivity contribution >= 4 is 11.9 Å². The summed E-state index contributed by atoms with van der Waals surface area (Å²) in [5.74, 6) is 0.444. The molecule has 0 spiro atoms. The summed E-state index contributed by atoms with van der Waals surface area (Å²) in [6.45, 7) is 3.88. The number of anilines is 1. The summed E-state index contributed by atoms with van der Waals surface area (Å²) in [6, 6.07) is 7.26. The highest BCUT2D eigenvalue weighted by Crippen LogP contribution is 2.11. The highest BCUT2D eigenvalue weighted by Gasteiger charge is 2.09. The summed E-state index contributed by atoms with van der Waals surface area (Å²) in [7, 11) is 1.51. The van der Waals surface area contributed by atoms with Gasteiger partial charge < -0.3 is 4.74 Å². The van der Waals surface area contributed by atoms with E-state index < -0.39 is 0 Å². The number of nitrogens with one attached hydrogen (secondary N) is 2. The second-order valence-electron chi connectivity index (χ2n) is 4.32. The number of hydrogen-bond donors (Lipinski definition) is 2. The molecule has 2 N–H and O–H groups in total. The number of hydrazine groups is 1. The molecule has 1 heterocycles. The van der Waals surface area contributed by atoms with Gasteiger partial charge in [0, 0.05) is 17.8 Å². The quantitative estimate of drug-likeness (QED) is 0.831. The highest BCUT2D eigenvalue weighted by molar-refractivity contribution is 5.96. The van der Waals surface area contributed by atoms with Crippen molar-refractivity contribution in [2.24, 2.45) is 0 Å². The number of nitrogens with zero attached hydrogens (tertiary/aromatic N) is 2. The van der Waals surface area contributed by atoms with Gasteiger partial charge in [-0.15, -0.1) is 0 Å². The van der Waals surface area contributed by atoms with Crippen LogP contribution >= 0.6 is 0 Å². The van der Waals surface area contributed by atoms with E-state index in [0.717, 1.165) is 11.1 Å². The van der Waals surface area contributed by atoms with Gasteiger partial charge in [-0.1, -0.05) is 17.7 Å². The normalized spacial score (nSPS) is 9.95. The lowest BCUT2D eigenvalue weighted by molar-refractivity contribution is 0.0961. The maximum Gasteiger partial charge on any atom is 0.269 e. The van der Waals surface area contributed by atoms with Gasteiger partial charge in [-0.05, 0) is 25.5 Å². The van der Waals surface area contributed by atoms with Crippen LogP contribution < -0.4 is 15.6 Å². The predicted molar refractivity (Wildman–Crippen MR) is 75.6 cm³/mol. The average molecular weight is 272 g/mol. The highest BCUT2D eigenvalue weighted by atomic mass is 16.5. The van der Waals surface area contributed by atoms with E-state index in [1.54, 1.807) is 12.1 Å². The van der Waals surface area contributed by atoms with Gasteiger partial charge in [0.25, 0.3) is 5.91 Å². The minimum atomic E-state index is -0.242. The Hall–Kier alpha value is -2.63. The topological polar surface area (TPSA) is 76.1 Å². The number of carbonyl (C=O) groups excluding carboxylic acids is 1. The third-order valence-corrected chi connectivity index (χ3v) is 2.75. The minimum absolute atomic E-state index is 0.242. The first-order valence-electron chi connectivity index (χ1n) is 6.11. The van der Waals surface area contributed by atoms with E-state index >= 15 is 0 Å². The van der Waals surface area contributed by atoms with Crippen LogP contribution in [0.5, 0.6) is 5.88 Å². The summed E-state index contributed by atoms with van der Waals surface area (Å²) in [5.41, 5.74) is 7.84. The van der Waals surface area contributed by atoms with Crippen LogP contribution in [0, 0.1) is 13.8 Å². The molecule has 0 radical (unpaired) electrons. The smallest absolute Gasteiger partial charge is 0.269 e. The standard InChI is InChI=1S/C14H16N4O2/c1-9-4-5-11(10(2)8-9)13(19)17-18-14-15-7-6-12(16-14)20-3/h4-8H,1-3H3,(H,17,19)(H,15,16,18). The van der Waals surface area contributed by atoms with Gasteiger partial charge in [-0.25, -0.2) is 4.98 Å². The summed E-state index contributed by atoms with van der Waals surface area (Å²) in [5, 5.41) is 0. The largest absolute Gasteiger partial charge is 0.481 e. The number of benzene rings is 1. The summed E-state index contributed by atoms with van der Waals surface area (Å²) < 4.78 is 4.97. The molecule has 6 heteroatoms. The molecule has 0 aliphatic heterocycles. The zero-order chi connectivity index (χ0) is 14.5. The van der Waals surface area contributed by atoms with Crippen LogP contribution in [-0.4, -0.2) is 23.0 Å². The molecule has 20 heavy (non-hydrogen) atoms. The Bertz CT molecular complexity index is 628. The molecule has 0 aliphatic rings. The van der Waals surface area contributed by atoms with Crippen LogP contribution in [0.4, 0.5) is 5.95 Å². The van der Waals surface area contributed by atoms with Gasteiger partial charge in [-0.3, -0.25) is 15.6 Å². The molecular weight excluding hydrogens is 256 g/mol. The zero-order valence-electron chi connectivity index (χ0n) is 11.6. The number of methoxy groups -OCH3 is 1. The number of aryl methyl sites for hydroxylation is 2. The zero-order valence-corrected chi connectivity index (χ0v) is 11.6. The fraction of sp³-hybridized carbons (Fsp3) is 0.214. The van der Waals surface area contributed by atoms with Crippen molar-refractivity contribution < 1.29 is 9.53 Å². The van der Waals surface area contributed by atoms with E-state index in [1.165, 1.54) is 13.3 Å². The number of ether oxygens (including phenoxy) is 1. The molecule has 0 fully saturated rings. The van der Waals surface area contributed by atoms with Gasteiger partial charge >= 0.3 is 0 Å².